The number of esters is 2. The molecule has 0 amide bonds. The van der Waals surface area contributed by atoms with Gasteiger partial charge < -0.3 is 24.1 Å². The van der Waals surface area contributed by atoms with Gasteiger partial charge in [-0.05, 0) is 50.9 Å². The normalized spacial score (nSPS) is 24.1. The summed E-state index contributed by atoms with van der Waals surface area (Å²) in [7, 11) is 2.92. The molecule has 3 heterocycles. The van der Waals surface area contributed by atoms with Crippen molar-refractivity contribution >= 4 is 11.9 Å². The van der Waals surface area contributed by atoms with E-state index in [1.54, 1.807) is 0 Å². The monoisotopic (exact) mass is 681 g/mol. The number of methoxy groups -OCH3 is 2. The predicted molar refractivity (Wildman–Crippen MR) is 194 cm³/mol. The van der Waals surface area contributed by atoms with Crippen LogP contribution in [0.15, 0.2) is 0 Å². The average Bonchev–Trinajstić information content (AvgIpc) is 3.09. The molecule has 3 saturated heterocycles. The number of fused-ring (bicyclic) bond motifs is 3. The minimum absolute atomic E-state index is 0.0429. The maximum Gasteiger partial charge on any atom is 0.305 e. The molecule has 6 atom stereocenters. The van der Waals surface area contributed by atoms with E-state index in [1.807, 2.05) is 0 Å². The molecule has 48 heavy (non-hydrogen) atoms. The van der Waals surface area contributed by atoms with Crippen molar-refractivity contribution in [1.29, 1.82) is 0 Å². The highest BCUT2D eigenvalue weighted by Gasteiger charge is 2.60. The van der Waals surface area contributed by atoms with Crippen LogP contribution in [0.25, 0.3) is 0 Å². The summed E-state index contributed by atoms with van der Waals surface area (Å²) in [4.78, 5) is 23.0. The Morgan fingerprint density at radius 3 is 1.62 bits per heavy atom. The lowest BCUT2D eigenvalue weighted by Gasteiger charge is -2.59. The summed E-state index contributed by atoms with van der Waals surface area (Å²) in [5.74, 6) is 0.561. The van der Waals surface area contributed by atoms with E-state index < -0.39 is 6.29 Å². The number of carbonyl (C=O) groups excluding carboxylic acids is 2. The van der Waals surface area contributed by atoms with Gasteiger partial charge in [0.25, 0.3) is 0 Å². The van der Waals surface area contributed by atoms with E-state index in [0.29, 0.717) is 24.7 Å². The summed E-state index contributed by atoms with van der Waals surface area (Å²) in [5, 5.41) is 11.7. The Hall–Kier alpha value is -1.18. The molecule has 0 aromatic heterocycles. The zero-order chi connectivity index (χ0) is 34.9. The van der Waals surface area contributed by atoms with Crippen LogP contribution in [0.2, 0.25) is 0 Å². The highest BCUT2D eigenvalue weighted by atomic mass is 16.7. The Morgan fingerprint density at radius 2 is 1.10 bits per heavy atom. The van der Waals surface area contributed by atoms with Crippen LogP contribution in [0, 0.1) is 17.3 Å². The first-order valence-electron chi connectivity index (χ1n) is 20.5. The molecule has 2 bridgehead atoms. The molecule has 0 radical (unpaired) electrons. The van der Waals surface area contributed by atoms with Crippen LogP contribution in [0.5, 0.6) is 0 Å². The largest absolute Gasteiger partial charge is 0.469 e. The molecule has 282 valence electrons. The second-order valence-electron chi connectivity index (χ2n) is 15.2. The molecular formula is C41H76O7. The molecule has 0 saturated carbocycles. The Morgan fingerprint density at radius 1 is 0.646 bits per heavy atom. The maximum atomic E-state index is 11.7. The van der Waals surface area contributed by atoms with Crippen LogP contribution in [-0.4, -0.2) is 49.9 Å². The van der Waals surface area contributed by atoms with Crippen molar-refractivity contribution in [2.24, 2.45) is 17.3 Å². The zero-order valence-corrected chi connectivity index (χ0v) is 31.8. The van der Waals surface area contributed by atoms with E-state index in [2.05, 4.69) is 13.8 Å². The Labute approximate surface area is 295 Å². The van der Waals surface area contributed by atoms with Gasteiger partial charge in [0.15, 0.2) is 12.6 Å². The van der Waals surface area contributed by atoms with E-state index in [9.17, 15) is 14.7 Å². The van der Waals surface area contributed by atoms with Crippen LogP contribution < -0.4 is 0 Å². The van der Waals surface area contributed by atoms with Crippen molar-refractivity contribution in [2.75, 3.05) is 14.2 Å². The molecular weight excluding hydrogens is 604 g/mol. The van der Waals surface area contributed by atoms with Crippen LogP contribution in [-0.2, 0) is 28.5 Å². The topological polar surface area (TPSA) is 91.3 Å². The first-order valence-corrected chi connectivity index (χ1v) is 20.5. The van der Waals surface area contributed by atoms with E-state index in [0.717, 1.165) is 89.9 Å². The molecule has 0 spiro atoms. The van der Waals surface area contributed by atoms with Gasteiger partial charge in [-0.3, -0.25) is 9.59 Å². The van der Waals surface area contributed by atoms with Crippen molar-refractivity contribution in [3.63, 3.8) is 0 Å². The SMILES string of the molecule is CCCCCCCCCC(CCCCCCCC(=O)OC)C1OC2OC(O)C1(CCCCCCCC(=O)OC)CC2CCCCCCC. The molecule has 0 aromatic carbocycles. The summed E-state index contributed by atoms with van der Waals surface area (Å²) in [5.41, 5.74) is -0.346. The molecule has 0 aromatic rings. The fourth-order valence-electron chi connectivity index (χ4n) is 8.41. The lowest BCUT2D eigenvalue weighted by Crippen LogP contribution is -2.64. The molecule has 7 nitrogen and oxygen atoms in total. The molecule has 3 fully saturated rings. The van der Waals surface area contributed by atoms with Crippen molar-refractivity contribution < 1.29 is 33.6 Å². The number of hydrogen-bond acceptors (Lipinski definition) is 7. The predicted octanol–water partition coefficient (Wildman–Crippen LogP) is 11.0. The third-order valence-corrected chi connectivity index (χ3v) is 11.3. The number of carbonyl (C=O) groups is 2. The van der Waals surface area contributed by atoms with Gasteiger partial charge in [0, 0.05) is 24.2 Å². The smallest absolute Gasteiger partial charge is 0.305 e. The summed E-state index contributed by atoms with van der Waals surface area (Å²) in [6.07, 6.45) is 31.4. The van der Waals surface area contributed by atoms with E-state index in [4.69, 9.17) is 18.9 Å². The average molecular weight is 681 g/mol. The van der Waals surface area contributed by atoms with Crippen LogP contribution in [0.4, 0.5) is 0 Å². The molecule has 3 aliphatic heterocycles. The minimum atomic E-state index is -0.758. The van der Waals surface area contributed by atoms with E-state index in [1.165, 1.54) is 97.7 Å². The highest BCUT2D eigenvalue weighted by Crippen LogP contribution is 2.56. The van der Waals surface area contributed by atoms with Crippen LogP contribution in [0.1, 0.15) is 200 Å². The third-order valence-electron chi connectivity index (χ3n) is 11.3. The van der Waals surface area contributed by atoms with Crippen molar-refractivity contribution in [3.05, 3.63) is 0 Å². The number of hydrogen-bond donors (Lipinski definition) is 1. The number of rotatable bonds is 31. The van der Waals surface area contributed by atoms with Crippen molar-refractivity contribution in [1.82, 2.24) is 0 Å². The Bertz CT molecular complexity index is 819. The first-order chi connectivity index (χ1) is 23.4. The second kappa shape index (κ2) is 26.6. The summed E-state index contributed by atoms with van der Waals surface area (Å²) in [6.45, 7) is 4.54. The number of unbranched alkanes of at least 4 members (excludes halogenated alkanes) is 18. The van der Waals surface area contributed by atoms with Gasteiger partial charge in [-0.15, -0.1) is 0 Å². The third kappa shape index (κ3) is 16.2. The van der Waals surface area contributed by atoms with Crippen molar-refractivity contribution in [2.45, 2.75) is 219 Å². The Balaban J connectivity index is 2.08. The van der Waals surface area contributed by atoms with Crippen LogP contribution in [0.3, 0.4) is 0 Å². The maximum absolute atomic E-state index is 11.7. The van der Waals surface area contributed by atoms with E-state index >= 15 is 0 Å². The second-order valence-corrected chi connectivity index (χ2v) is 15.2. The zero-order valence-electron chi connectivity index (χ0n) is 31.8. The summed E-state index contributed by atoms with van der Waals surface area (Å²) < 4.78 is 22.9. The fourth-order valence-corrected chi connectivity index (χ4v) is 8.41. The van der Waals surface area contributed by atoms with Gasteiger partial charge in [0.05, 0.1) is 20.3 Å². The minimum Gasteiger partial charge on any atom is -0.469 e. The molecule has 1 N–H and O–H groups in total. The van der Waals surface area contributed by atoms with Gasteiger partial charge in [-0.25, -0.2) is 0 Å². The molecule has 3 rings (SSSR count). The van der Waals surface area contributed by atoms with E-state index in [-0.39, 0.29) is 29.7 Å². The van der Waals surface area contributed by atoms with Crippen molar-refractivity contribution in [3.8, 4) is 0 Å². The Kier molecular flexibility index (Phi) is 23.8. The van der Waals surface area contributed by atoms with Gasteiger partial charge in [-0.2, -0.15) is 0 Å². The lowest BCUT2D eigenvalue weighted by atomic mass is 9.62. The number of ether oxygens (including phenoxy) is 4. The highest BCUT2D eigenvalue weighted by molar-refractivity contribution is 5.69. The van der Waals surface area contributed by atoms with Gasteiger partial charge in [0.2, 0.25) is 0 Å². The standard InChI is InChI=1S/C41H76O7/c1-5-7-9-11-12-16-21-27-34(28-22-17-13-18-24-30-36(42)45-3)38-41(32-26-20-14-19-25-31-37(43)46-4)33-35(29-23-15-10-8-6-2)39(47-38)48-40(41)44/h34-35,38-40,44H,5-33H2,1-4H3. The lowest BCUT2D eigenvalue weighted by molar-refractivity contribution is -0.413. The van der Waals surface area contributed by atoms with Gasteiger partial charge >= 0.3 is 11.9 Å². The number of aliphatic hydroxyl groups excluding tert-OH is 1. The van der Waals surface area contributed by atoms with Gasteiger partial charge in [0.1, 0.15) is 0 Å². The number of aliphatic hydroxyl groups is 1. The molecule has 7 heteroatoms. The summed E-state index contributed by atoms with van der Waals surface area (Å²) >= 11 is 0. The van der Waals surface area contributed by atoms with Gasteiger partial charge in [-0.1, -0.05) is 142 Å². The first kappa shape index (κ1) is 43.0. The fraction of sp³-hybridized carbons (Fsp3) is 0.951. The quantitative estimate of drug-likeness (QED) is 0.0575. The van der Waals surface area contributed by atoms with Crippen LogP contribution >= 0.6 is 0 Å². The molecule has 6 unspecified atom stereocenters. The summed E-state index contributed by atoms with van der Waals surface area (Å²) in [6, 6.07) is 0. The molecule has 0 aliphatic carbocycles. The molecule has 3 aliphatic rings.